The molecule has 1 aromatic carbocycles. The number of rotatable bonds is 12. The number of anilines is 1. The van der Waals surface area contributed by atoms with Gasteiger partial charge >= 0.3 is 5.97 Å². The molecule has 2 aromatic rings. The van der Waals surface area contributed by atoms with Gasteiger partial charge in [0, 0.05) is 31.2 Å². The molecular weight excluding hydrogens is 442 g/mol. The first-order valence-corrected chi connectivity index (χ1v) is 13.1. The molecule has 180 valence electrons. The van der Waals surface area contributed by atoms with E-state index in [0.717, 1.165) is 32.4 Å². The summed E-state index contributed by atoms with van der Waals surface area (Å²) in [7, 11) is -3.55. The van der Waals surface area contributed by atoms with E-state index in [2.05, 4.69) is 14.6 Å². The van der Waals surface area contributed by atoms with E-state index in [1.54, 1.807) is 24.3 Å². The number of pyridine rings is 1. The molecule has 0 amide bonds. The highest BCUT2D eigenvalue weighted by atomic mass is 32.2. The summed E-state index contributed by atoms with van der Waals surface area (Å²) in [6, 6.07) is 10.3. The smallest absolute Gasteiger partial charge is 0.305 e. The van der Waals surface area contributed by atoms with Crippen LogP contribution in [0, 0.1) is 5.92 Å². The molecular formula is C24H33N3O5S. The van der Waals surface area contributed by atoms with E-state index in [0.29, 0.717) is 30.3 Å². The van der Waals surface area contributed by atoms with Crippen LogP contribution in [-0.2, 0) is 14.8 Å². The molecule has 1 saturated heterocycles. The minimum atomic E-state index is -3.55. The van der Waals surface area contributed by atoms with Crippen molar-refractivity contribution in [2.24, 2.45) is 5.92 Å². The molecule has 2 heterocycles. The third-order valence-corrected chi connectivity index (χ3v) is 7.35. The van der Waals surface area contributed by atoms with Gasteiger partial charge < -0.3 is 14.7 Å². The van der Waals surface area contributed by atoms with Gasteiger partial charge in [0.1, 0.15) is 5.75 Å². The topological polar surface area (TPSA) is 109 Å². The zero-order valence-electron chi connectivity index (χ0n) is 19.0. The Kier molecular flexibility index (Phi) is 9.08. The maximum atomic E-state index is 12.3. The molecule has 0 radical (unpaired) electrons. The lowest BCUT2D eigenvalue weighted by Gasteiger charge is -2.33. The van der Waals surface area contributed by atoms with Crippen LogP contribution in [0.2, 0.25) is 0 Å². The minimum absolute atomic E-state index is 0.0131. The number of carboxylic acids is 1. The van der Waals surface area contributed by atoms with E-state index < -0.39 is 22.0 Å². The number of hydrogen-bond acceptors (Lipinski definition) is 6. The number of nitrogens with zero attached hydrogens (tertiary/aromatic N) is 2. The summed E-state index contributed by atoms with van der Waals surface area (Å²) in [6.45, 7) is 4.48. The molecule has 2 N–H and O–H groups in total. The summed E-state index contributed by atoms with van der Waals surface area (Å²) in [5.74, 6) is 0.0867. The summed E-state index contributed by atoms with van der Waals surface area (Å²) in [5.41, 5.74) is 1.80. The second-order valence-electron chi connectivity index (χ2n) is 8.46. The van der Waals surface area contributed by atoms with Gasteiger partial charge in [0.05, 0.1) is 24.8 Å². The van der Waals surface area contributed by atoms with Gasteiger partial charge in [0.2, 0.25) is 10.0 Å². The second kappa shape index (κ2) is 12.0. The number of ether oxygens (including phenoxy) is 1. The molecule has 1 aliphatic rings. The molecule has 33 heavy (non-hydrogen) atoms. The molecule has 0 bridgehead atoms. The summed E-state index contributed by atoms with van der Waals surface area (Å²) in [6.07, 6.45) is 6.67. The van der Waals surface area contributed by atoms with Crippen molar-refractivity contribution in [2.75, 3.05) is 30.3 Å². The van der Waals surface area contributed by atoms with Gasteiger partial charge in [-0.1, -0.05) is 25.5 Å². The molecule has 1 unspecified atom stereocenters. The van der Waals surface area contributed by atoms with Crippen LogP contribution in [0.4, 0.5) is 5.69 Å². The fourth-order valence-electron chi connectivity index (χ4n) is 3.94. The summed E-state index contributed by atoms with van der Waals surface area (Å²) >= 11 is 0. The fraction of sp³-hybridized carbons (Fsp3) is 0.500. The molecule has 8 nitrogen and oxygen atoms in total. The predicted molar refractivity (Wildman–Crippen MR) is 128 cm³/mol. The summed E-state index contributed by atoms with van der Waals surface area (Å²) in [5, 5.41) is 9.23. The first-order chi connectivity index (χ1) is 15.9. The summed E-state index contributed by atoms with van der Waals surface area (Å²) in [4.78, 5) is 17.7. The van der Waals surface area contributed by atoms with Crippen LogP contribution in [0.3, 0.4) is 0 Å². The Morgan fingerprint density at radius 2 is 1.85 bits per heavy atom. The largest absolute Gasteiger partial charge is 0.493 e. The van der Waals surface area contributed by atoms with Crippen LogP contribution in [0.1, 0.15) is 50.6 Å². The SMILES string of the molecule is CCCCS(=O)(=O)NC(CC(=O)O)c1ccc(OCC2CCN(c3ccncc3)CC2)cc1. The number of benzene rings is 1. The Balaban J connectivity index is 1.52. The van der Waals surface area contributed by atoms with Crippen molar-refractivity contribution in [2.45, 2.75) is 45.1 Å². The van der Waals surface area contributed by atoms with Gasteiger partial charge in [-0.05, 0) is 55.0 Å². The standard InChI is InChI=1S/C24H33N3O5S/c1-2-3-16-33(30,31)26-23(17-24(28)29)20-4-6-22(7-5-20)32-18-19-10-14-27(15-11-19)21-8-12-25-13-9-21/h4-9,12-13,19,23,26H,2-3,10-11,14-18H2,1H3,(H,28,29). The number of nitrogens with one attached hydrogen (secondary N) is 1. The Labute approximate surface area is 196 Å². The van der Waals surface area contributed by atoms with Crippen LogP contribution in [0.15, 0.2) is 48.8 Å². The van der Waals surface area contributed by atoms with E-state index in [1.165, 1.54) is 5.69 Å². The normalized spacial score (nSPS) is 15.8. The van der Waals surface area contributed by atoms with Crippen LogP contribution in [-0.4, -0.2) is 49.9 Å². The highest BCUT2D eigenvalue weighted by Crippen LogP contribution is 2.25. The quantitative estimate of drug-likeness (QED) is 0.483. The van der Waals surface area contributed by atoms with Crippen LogP contribution in [0.25, 0.3) is 0 Å². The van der Waals surface area contributed by atoms with Crippen molar-refractivity contribution < 1.29 is 23.1 Å². The van der Waals surface area contributed by atoms with E-state index in [1.807, 2.05) is 31.5 Å². The second-order valence-corrected chi connectivity index (χ2v) is 10.3. The molecule has 3 rings (SSSR count). The number of aromatic nitrogens is 1. The van der Waals surface area contributed by atoms with Crippen molar-refractivity contribution in [3.63, 3.8) is 0 Å². The zero-order chi connectivity index (χ0) is 23.7. The lowest BCUT2D eigenvalue weighted by atomic mass is 9.97. The molecule has 1 aromatic heterocycles. The first-order valence-electron chi connectivity index (χ1n) is 11.5. The molecule has 0 saturated carbocycles. The number of carboxylic acid groups (broad SMARTS) is 1. The van der Waals surface area contributed by atoms with Crippen LogP contribution in [0.5, 0.6) is 5.75 Å². The van der Waals surface area contributed by atoms with Gasteiger partial charge in [0.25, 0.3) is 0 Å². The lowest BCUT2D eigenvalue weighted by Crippen LogP contribution is -2.35. The zero-order valence-corrected chi connectivity index (χ0v) is 19.8. The van der Waals surface area contributed by atoms with Gasteiger partial charge in [-0.15, -0.1) is 0 Å². The van der Waals surface area contributed by atoms with E-state index >= 15 is 0 Å². The molecule has 1 atom stereocenters. The Hall–Kier alpha value is -2.65. The van der Waals surface area contributed by atoms with Crippen molar-refractivity contribution >= 4 is 21.7 Å². The van der Waals surface area contributed by atoms with Crippen molar-refractivity contribution in [3.05, 3.63) is 54.4 Å². The average molecular weight is 476 g/mol. The van der Waals surface area contributed by atoms with E-state index in [9.17, 15) is 18.3 Å². The lowest BCUT2D eigenvalue weighted by molar-refractivity contribution is -0.137. The maximum absolute atomic E-state index is 12.3. The number of piperidine rings is 1. The summed E-state index contributed by atoms with van der Waals surface area (Å²) < 4.78 is 33.1. The third kappa shape index (κ3) is 8.01. The number of sulfonamides is 1. The number of aliphatic carboxylic acids is 1. The van der Waals surface area contributed by atoms with Gasteiger partial charge in [0.15, 0.2) is 0 Å². The average Bonchev–Trinajstić information content (AvgIpc) is 2.82. The Morgan fingerprint density at radius 3 is 2.45 bits per heavy atom. The van der Waals surface area contributed by atoms with Crippen LogP contribution >= 0.6 is 0 Å². The molecule has 1 aliphatic heterocycles. The molecule has 1 fully saturated rings. The maximum Gasteiger partial charge on any atom is 0.305 e. The van der Waals surface area contributed by atoms with Gasteiger partial charge in [-0.25, -0.2) is 13.1 Å². The molecule has 0 spiro atoms. The highest BCUT2D eigenvalue weighted by Gasteiger charge is 2.23. The fourth-order valence-corrected chi connectivity index (χ4v) is 5.37. The molecule has 9 heteroatoms. The minimum Gasteiger partial charge on any atom is -0.493 e. The monoisotopic (exact) mass is 475 g/mol. The van der Waals surface area contributed by atoms with E-state index in [4.69, 9.17) is 4.74 Å². The highest BCUT2D eigenvalue weighted by molar-refractivity contribution is 7.89. The van der Waals surface area contributed by atoms with Gasteiger partial charge in [-0.3, -0.25) is 9.78 Å². The third-order valence-electron chi connectivity index (χ3n) is 5.88. The van der Waals surface area contributed by atoms with Crippen molar-refractivity contribution in [1.82, 2.24) is 9.71 Å². The number of carbonyl (C=O) groups is 1. The Bertz CT molecular complexity index is 975. The van der Waals surface area contributed by atoms with Crippen molar-refractivity contribution in [1.29, 1.82) is 0 Å². The predicted octanol–water partition coefficient (Wildman–Crippen LogP) is 3.61. The van der Waals surface area contributed by atoms with Crippen LogP contribution < -0.4 is 14.4 Å². The number of hydrogen-bond donors (Lipinski definition) is 2. The van der Waals surface area contributed by atoms with Gasteiger partial charge in [-0.2, -0.15) is 0 Å². The number of unbranched alkanes of at least 4 members (excludes halogenated alkanes) is 1. The molecule has 0 aliphatic carbocycles. The van der Waals surface area contributed by atoms with Crippen molar-refractivity contribution in [3.8, 4) is 5.75 Å². The first kappa shape index (κ1) is 25.0. The van der Waals surface area contributed by atoms with E-state index in [-0.39, 0.29) is 12.2 Å². The Morgan fingerprint density at radius 1 is 1.18 bits per heavy atom.